The Bertz CT molecular complexity index is 118. The van der Waals surface area contributed by atoms with E-state index in [-0.39, 0.29) is 0 Å². The summed E-state index contributed by atoms with van der Waals surface area (Å²) < 4.78 is 11.0. The van der Waals surface area contributed by atoms with Crippen LogP contribution in [0.2, 0.25) is 0 Å². The molecule has 3 heteroatoms. The molecule has 1 N–H and O–H groups in total. The molecule has 0 amide bonds. The molecule has 3 nitrogen and oxygen atoms in total. The lowest BCUT2D eigenvalue weighted by Crippen LogP contribution is -2.21. The van der Waals surface area contributed by atoms with Crippen molar-refractivity contribution in [3.05, 3.63) is 0 Å². The van der Waals surface area contributed by atoms with Gasteiger partial charge in [0.2, 0.25) is 0 Å². The van der Waals surface area contributed by atoms with Crippen LogP contribution in [0.5, 0.6) is 0 Å². The third-order valence-corrected chi connectivity index (χ3v) is 1.91. The zero-order valence-corrected chi connectivity index (χ0v) is 10.0. The Morgan fingerprint density at radius 3 is 2.29 bits per heavy atom. The SMILES string of the molecule is CCNCCC(C)OCCOC(C)C. The van der Waals surface area contributed by atoms with Gasteiger partial charge in [-0.15, -0.1) is 0 Å². The summed E-state index contributed by atoms with van der Waals surface area (Å²) in [6, 6.07) is 0. The maximum Gasteiger partial charge on any atom is 0.0704 e. The van der Waals surface area contributed by atoms with Crippen molar-refractivity contribution in [2.24, 2.45) is 0 Å². The molecule has 0 spiro atoms. The van der Waals surface area contributed by atoms with Gasteiger partial charge in [-0.05, 0) is 40.3 Å². The van der Waals surface area contributed by atoms with Crippen molar-refractivity contribution in [1.82, 2.24) is 5.32 Å². The molecule has 0 radical (unpaired) electrons. The molecule has 0 fully saturated rings. The van der Waals surface area contributed by atoms with Crippen molar-refractivity contribution in [1.29, 1.82) is 0 Å². The normalized spacial score (nSPS) is 13.5. The number of hydrogen-bond acceptors (Lipinski definition) is 3. The highest BCUT2D eigenvalue weighted by atomic mass is 16.5. The van der Waals surface area contributed by atoms with Gasteiger partial charge in [0.05, 0.1) is 25.4 Å². The topological polar surface area (TPSA) is 30.5 Å². The molecule has 0 aliphatic rings. The van der Waals surface area contributed by atoms with Gasteiger partial charge >= 0.3 is 0 Å². The van der Waals surface area contributed by atoms with Crippen molar-refractivity contribution in [3.8, 4) is 0 Å². The third kappa shape index (κ3) is 9.96. The average molecular weight is 203 g/mol. The Morgan fingerprint density at radius 1 is 1.07 bits per heavy atom. The van der Waals surface area contributed by atoms with E-state index in [2.05, 4.69) is 19.2 Å². The van der Waals surface area contributed by atoms with Crippen molar-refractivity contribution in [2.45, 2.75) is 46.3 Å². The lowest BCUT2D eigenvalue weighted by atomic mass is 10.3. The summed E-state index contributed by atoms with van der Waals surface area (Å²) in [6.45, 7) is 11.7. The number of hydrogen-bond donors (Lipinski definition) is 1. The first kappa shape index (κ1) is 13.9. The Morgan fingerprint density at radius 2 is 1.71 bits per heavy atom. The minimum absolute atomic E-state index is 0.302. The van der Waals surface area contributed by atoms with Crippen LogP contribution in [0.25, 0.3) is 0 Å². The predicted octanol–water partition coefficient (Wildman–Crippen LogP) is 1.82. The molecule has 14 heavy (non-hydrogen) atoms. The fourth-order valence-electron chi connectivity index (χ4n) is 1.10. The quantitative estimate of drug-likeness (QED) is 0.580. The number of rotatable bonds is 9. The fraction of sp³-hybridized carbons (Fsp3) is 1.00. The molecule has 0 aliphatic heterocycles. The second kappa shape index (κ2) is 9.44. The van der Waals surface area contributed by atoms with Crippen LogP contribution in [0.3, 0.4) is 0 Å². The van der Waals surface area contributed by atoms with Gasteiger partial charge in [-0.1, -0.05) is 6.92 Å². The first-order chi connectivity index (χ1) is 6.66. The minimum atomic E-state index is 0.302. The van der Waals surface area contributed by atoms with Crippen molar-refractivity contribution >= 4 is 0 Å². The predicted molar refractivity (Wildman–Crippen MR) is 59.7 cm³/mol. The summed E-state index contributed by atoms with van der Waals surface area (Å²) in [5.74, 6) is 0. The van der Waals surface area contributed by atoms with E-state index in [9.17, 15) is 0 Å². The van der Waals surface area contributed by atoms with Crippen LogP contribution in [0, 0.1) is 0 Å². The monoisotopic (exact) mass is 203 g/mol. The maximum atomic E-state index is 5.57. The molecular weight excluding hydrogens is 178 g/mol. The zero-order valence-electron chi connectivity index (χ0n) is 10.0. The molecule has 0 heterocycles. The summed E-state index contributed by atoms with van der Waals surface area (Å²) in [5.41, 5.74) is 0. The van der Waals surface area contributed by atoms with E-state index < -0.39 is 0 Å². The van der Waals surface area contributed by atoms with E-state index in [1.54, 1.807) is 0 Å². The largest absolute Gasteiger partial charge is 0.376 e. The van der Waals surface area contributed by atoms with Crippen molar-refractivity contribution in [2.75, 3.05) is 26.3 Å². The highest BCUT2D eigenvalue weighted by Gasteiger charge is 2.01. The summed E-state index contributed by atoms with van der Waals surface area (Å²) in [6.07, 6.45) is 1.69. The van der Waals surface area contributed by atoms with Crippen LogP contribution >= 0.6 is 0 Å². The van der Waals surface area contributed by atoms with E-state index in [1.165, 1.54) is 0 Å². The van der Waals surface area contributed by atoms with Gasteiger partial charge in [0.1, 0.15) is 0 Å². The summed E-state index contributed by atoms with van der Waals surface area (Å²) in [7, 11) is 0. The molecule has 0 aromatic heterocycles. The van der Waals surface area contributed by atoms with Crippen LogP contribution in [0.15, 0.2) is 0 Å². The lowest BCUT2D eigenvalue weighted by molar-refractivity contribution is -0.00865. The maximum absolute atomic E-state index is 5.57. The molecule has 86 valence electrons. The Hall–Kier alpha value is -0.120. The Kier molecular flexibility index (Phi) is 9.35. The second-order valence-corrected chi connectivity index (χ2v) is 3.74. The van der Waals surface area contributed by atoms with E-state index in [0.717, 1.165) is 19.5 Å². The molecule has 0 saturated carbocycles. The molecule has 1 atom stereocenters. The fourth-order valence-corrected chi connectivity index (χ4v) is 1.10. The van der Waals surface area contributed by atoms with E-state index in [1.807, 2.05) is 13.8 Å². The second-order valence-electron chi connectivity index (χ2n) is 3.74. The van der Waals surface area contributed by atoms with Crippen LogP contribution in [-0.2, 0) is 9.47 Å². The van der Waals surface area contributed by atoms with Gasteiger partial charge in [0.15, 0.2) is 0 Å². The van der Waals surface area contributed by atoms with E-state index in [0.29, 0.717) is 25.4 Å². The molecule has 0 saturated heterocycles. The van der Waals surface area contributed by atoms with Gasteiger partial charge in [-0.25, -0.2) is 0 Å². The van der Waals surface area contributed by atoms with Crippen molar-refractivity contribution in [3.63, 3.8) is 0 Å². The van der Waals surface area contributed by atoms with Gasteiger partial charge < -0.3 is 14.8 Å². The van der Waals surface area contributed by atoms with Gasteiger partial charge in [0, 0.05) is 0 Å². The molecule has 0 aromatic rings. The minimum Gasteiger partial charge on any atom is -0.376 e. The lowest BCUT2D eigenvalue weighted by Gasteiger charge is -2.14. The van der Waals surface area contributed by atoms with Gasteiger partial charge in [-0.3, -0.25) is 0 Å². The molecule has 0 bridgehead atoms. The number of ether oxygens (including phenoxy) is 2. The standard InChI is InChI=1S/C11H25NO2/c1-5-12-7-6-11(4)14-9-8-13-10(2)3/h10-12H,5-9H2,1-4H3. The van der Waals surface area contributed by atoms with E-state index in [4.69, 9.17) is 9.47 Å². The summed E-state index contributed by atoms with van der Waals surface area (Å²) >= 11 is 0. The molecular formula is C11H25NO2. The molecule has 0 aromatic carbocycles. The summed E-state index contributed by atoms with van der Waals surface area (Å²) in [4.78, 5) is 0. The van der Waals surface area contributed by atoms with Gasteiger partial charge in [-0.2, -0.15) is 0 Å². The molecule has 0 rings (SSSR count). The van der Waals surface area contributed by atoms with Crippen LogP contribution < -0.4 is 5.32 Å². The van der Waals surface area contributed by atoms with Gasteiger partial charge in [0.25, 0.3) is 0 Å². The summed E-state index contributed by atoms with van der Waals surface area (Å²) in [5, 5.41) is 3.28. The highest BCUT2D eigenvalue weighted by molar-refractivity contribution is 4.53. The smallest absolute Gasteiger partial charge is 0.0704 e. The average Bonchev–Trinajstić information content (AvgIpc) is 2.13. The molecule has 0 aliphatic carbocycles. The zero-order chi connectivity index (χ0) is 10.8. The van der Waals surface area contributed by atoms with E-state index >= 15 is 0 Å². The van der Waals surface area contributed by atoms with Crippen LogP contribution in [0.1, 0.15) is 34.1 Å². The van der Waals surface area contributed by atoms with Crippen molar-refractivity contribution < 1.29 is 9.47 Å². The first-order valence-electron chi connectivity index (χ1n) is 5.60. The Balaban J connectivity index is 3.14. The molecule has 1 unspecified atom stereocenters. The van der Waals surface area contributed by atoms with Crippen LogP contribution in [-0.4, -0.2) is 38.5 Å². The highest BCUT2D eigenvalue weighted by Crippen LogP contribution is 1.96. The van der Waals surface area contributed by atoms with Crippen LogP contribution in [0.4, 0.5) is 0 Å². The Labute approximate surface area is 88.2 Å². The first-order valence-corrected chi connectivity index (χ1v) is 5.60. The third-order valence-electron chi connectivity index (χ3n) is 1.91. The number of nitrogens with one attached hydrogen (secondary N) is 1.